The number of hydrogen-bond acceptors (Lipinski definition) is 6. The number of ether oxygens (including phenoxy) is 2. The molecule has 0 atom stereocenters. The number of esters is 1. The number of hydrogen-bond donors (Lipinski definition) is 1. The maximum atomic E-state index is 12.3. The van der Waals surface area contributed by atoms with Gasteiger partial charge in [0, 0.05) is 18.8 Å². The zero-order valence-corrected chi connectivity index (χ0v) is 16.4. The first-order chi connectivity index (χ1) is 13.6. The maximum Gasteiger partial charge on any atom is 0.309 e. The van der Waals surface area contributed by atoms with Crippen molar-refractivity contribution in [3.05, 3.63) is 46.7 Å². The summed E-state index contributed by atoms with van der Waals surface area (Å²) < 4.78 is 10.2. The van der Waals surface area contributed by atoms with Crippen LogP contribution in [0.5, 0.6) is 5.75 Å². The first-order valence-electron chi connectivity index (χ1n) is 9.00. The molecule has 1 N–H and O–H groups in total. The van der Waals surface area contributed by atoms with Gasteiger partial charge < -0.3 is 19.7 Å². The number of carbonyl (C=O) groups is 3. The Kier molecular flexibility index (Phi) is 6.65. The van der Waals surface area contributed by atoms with Crippen LogP contribution in [0.2, 0.25) is 0 Å². The average Bonchev–Trinajstić information content (AvgIpc) is 3.27. The predicted molar refractivity (Wildman–Crippen MR) is 106 cm³/mol. The van der Waals surface area contributed by atoms with Crippen LogP contribution >= 0.6 is 11.3 Å². The first-order valence-corrected chi connectivity index (χ1v) is 9.88. The Morgan fingerprint density at radius 1 is 1.14 bits per heavy atom. The van der Waals surface area contributed by atoms with Gasteiger partial charge in [0.25, 0.3) is 11.8 Å². The van der Waals surface area contributed by atoms with Crippen molar-refractivity contribution in [2.75, 3.05) is 32.1 Å². The second kappa shape index (κ2) is 9.36. The molecule has 0 radical (unpaired) electrons. The minimum Gasteiger partial charge on any atom is -0.497 e. The van der Waals surface area contributed by atoms with Gasteiger partial charge in [0.15, 0.2) is 6.61 Å². The largest absolute Gasteiger partial charge is 0.497 e. The van der Waals surface area contributed by atoms with E-state index in [2.05, 4.69) is 5.32 Å². The number of nitrogens with zero attached hydrogens (tertiary/aromatic N) is 1. The van der Waals surface area contributed by atoms with Crippen LogP contribution in [0.4, 0.5) is 5.69 Å². The molecule has 7 nitrogen and oxygen atoms in total. The van der Waals surface area contributed by atoms with Crippen LogP contribution in [-0.2, 0) is 14.3 Å². The summed E-state index contributed by atoms with van der Waals surface area (Å²) in [4.78, 5) is 39.0. The number of rotatable bonds is 6. The van der Waals surface area contributed by atoms with E-state index < -0.39 is 11.9 Å². The minimum atomic E-state index is -0.399. The zero-order chi connectivity index (χ0) is 19.9. The molecule has 0 aliphatic carbocycles. The molecule has 0 bridgehead atoms. The number of anilines is 1. The summed E-state index contributed by atoms with van der Waals surface area (Å²) in [6.07, 6.45) is 1.08. The second-order valence-electron chi connectivity index (χ2n) is 6.43. The van der Waals surface area contributed by atoms with Crippen molar-refractivity contribution in [1.29, 1.82) is 0 Å². The van der Waals surface area contributed by atoms with E-state index in [1.165, 1.54) is 11.3 Å². The predicted octanol–water partition coefficient (Wildman–Crippen LogP) is 2.79. The molecule has 2 heterocycles. The smallest absolute Gasteiger partial charge is 0.309 e. The molecule has 1 saturated heterocycles. The molecule has 148 valence electrons. The normalized spacial score (nSPS) is 14.4. The number of piperidine rings is 1. The fraction of sp³-hybridized carbons (Fsp3) is 0.350. The third kappa shape index (κ3) is 5.10. The molecular weight excluding hydrogens is 380 g/mol. The van der Waals surface area contributed by atoms with Crippen LogP contribution in [0.15, 0.2) is 41.8 Å². The van der Waals surface area contributed by atoms with Crippen molar-refractivity contribution in [3.8, 4) is 5.75 Å². The first kappa shape index (κ1) is 19.9. The Morgan fingerprint density at radius 2 is 1.86 bits per heavy atom. The van der Waals surface area contributed by atoms with E-state index in [-0.39, 0.29) is 18.4 Å². The van der Waals surface area contributed by atoms with Crippen molar-refractivity contribution in [3.63, 3.8) is 0 Å². The highest BCUT2D eigenvalue weighted by Gasteiger charge is 2.29. The van der Waals surface area contributed by atoms with Crippen LogP contribution in [0.25, 0.3) is 0 Å². The lowest BCUT2D eigenvalue weighted by atomic mass is 9.97. The Labute approximate surface area is 167 Å². The highest BCUT2D eigenvalue weighted by atomic mass is 32.1. The van der Waals surface area contributed by atoms with E-state index in [0.29, 0.717) is 42.2 Å². The average molecular weight is 402 g/mol. The van der Waals surface area contributed by atoms with Crippen LogP contribution in [-0.4, -0.2) is 49.5 Å². The molecule has 2 aromatic rings. The van der Waals surface area contributed by atoms with E-state index in [4.69, 9.17) is 9.47 Å². The van der Waals surface area contributed by atoms with Gasteiger partial charge in [0.1, 0.15) is 5.75 Å². The molecule has 3 rings (SSSR count). The third-order valence-electron chi connectivity index (χ3n) is 4.57. The van der Waals surface area contributed by atoms with E-state index in [1.54, 1.807) is 42.3 Å². The van der Waals surface area contributed by atoms with E-state index in [0.717, 1.165) is 0 Å². The van der Waals surface area contributed by atoms with E-state index >= 15 is 0 Å². The van der Waals surface area contributed by atoms with Gasteiger partial charge in [-0.1, -0.05) is 6.07 Å². The topological polar surface area (TPSA) is 84.9 Å². The molecule has 0 unspecified atom stereocenters. The number of thiophene rings is 1. The molecule has 8 heteroatoms. The fourth-order valence-corrected chi connectivity index (χ4v) is 3.69. The van der Waals surface area contributed by atoms with Gasteiger partial charge in [0.2, 0.25) is 0 Å². The summed E-state index contributed by atoms with van der Waals surface area (Å²) in [5, 5.41) is 4.54. The van der Waals surface area contributed by atoms with Crippen LogP contribution in [0, 0.1) is 5.92 Å². The minimum absolute atomic E-state index is 0.000636. The molecular formula is C20H22N2O5S. The summed E-state index contributed by atoms with van der Waals surface area (Å²) >= 11 is 1.41. The monoisotopic (exact) mass is 402 g/mol. The summed E-state index contributed by atoms with van der Waals surface area (Å²) in [6.45, 7) is 0.683. The number of likely N-dealkylation sites (tertiary alicyclic amines) is 1. The molecule has 0 saturated carbocycles. The standard InChI is InChI=1S/C20H22N2O5S/c1-26-16-6-4-15(5-7-16)21-18(23)13-27-20(25)14-8-10-22(11-9-14)19(24)17-3-2-12-28-17/h2-7,12,14H,8-11,13H2,1H3,(H,21,23). The number of methoxy groups -OCH3 is 1. The van der Waals surface area contributed by atoms with Gasteiger partial charge in [-0.05, 0) is 48.6 Å². The van der Waals surface area contributed by atoms with Crippen molar-refractivity contribution in [2.24, 2.45) is 5.92 Å². The second-order valence-corrected chi connectivity index (χ2v) is 7.38. The van der Waals surface area contributed by atoms with Gasteiger partial charge in [0.05, 0.1) is 17.9 Å². The maximum absolute atomic E-state index is 12.3. The van der Waals surface area contributed by atoms with Crippen molar-refractivity contribution in [1.82, 2.24) is 4.90 Å². The summed E-state index contributed by atoms with van der Waals surface area (Å²) in [6, 6.07) is 10.5. The molecule has 1 aliphatic rings. The van der Waals surface area contributed by atoms with Gasteiger partial charge >= 0.3 is 5.97 Å². The summed E-state index contributed by atoms with van der Waals surface area (Å²) in [5.41, 5.74) is 0.599. The number of nitrogens with one attached hydrogen (secondary N) is 1. The summed E-state index contributed by atoms with van der Waals surface area (Å²) in [5.74, 6) is -0.396. The summed E-state index contributed by atoms with van der Waals surface area (Å²) in [7, 11) is 1.57. The lowest BCUT2D eigenvalue weighted by molar-refractivity contribution is -0.152. The van der Waals surface area contributed by atoms with Gasteiger partial charge in [-0.25, -0.2) is 0 Å². The number of carbonyl (C=O) groups excluding carboxylic acids is 3. The lowest BCUT2D eigenvalue weighted by Gasteiger charge is -2.30. The highest BCUT2D eigenvalue weighted by Crippen LogP contribution is 2.22. The lowest BCUT2D eigenvalue weighted by Crippen LogP contribution is -2.40. The molecule has 1 aromatic heterocycles. The molecule has 1 aliphatic heterocycles. The van der Waals surface area contributed by atoms with Gasteiger partial charge in [-0.3, -0.25) is 14.4 Å². The van der Waals surface area contributed by atoms with Gasteiger partial charge in [-0.2, -0.15) is 0 Å². The van der Waals surface area contributed by atoms with Gasteiger partial charge in [-0.15, -0.1) is 11.3 Å². The van der Waals surface area contributed by atoms with Crippen LogP contribution in [0.3, 0.4) is 0 Å². The molecule has 1 fully saturated rings. The number of amides is 2. The molecule has 0 spiro atoms. The molecule has 1 aromatic carbocycles. The zero-order valence-electron chi connectivity index (χ0n) is 15.6. The van der Waals surface area contributed by atoms with Crippen LogP contribution < -0.4 is 10.1 Å². The number of benzene rings is 1. The molecule has 28 heavy (non-hydrogen) atoms. The SMILES string of the molecule is COc1ccc(NC(=O)COC(=O)C2CCN(C(=O)c3cccs3)CC2)cc1. The Balaban J connectivity index is 1.40. The molecule has 2 amide bonds. The Bertz CT molecular complexity index is 812. The van der Waals surface area contributed by atoms with Crippen molar-refractivity contribution >= 4 is 34.8 Å². The fourth-order valence-electron chi connectivity index (χ4n) is 3.00. The van der Waals surface area contributed by atoms with E-state index in [9.17, 15) is 14.4 Å². The van der Waals surface area contributed by atoms with Crippen molar-refractivity contribution in [2.45, 2.75) is 12.8 Å². The Hall–Kier alpha value is -2.87. The van der Waals surface area contributed by atoms with Crippen molar-refractivity contribution < 1.29 is 23.9 Å². The third-order valence-corrected chi connectivity index (χ3v) is 5.42. The van der Waals surface area contributed by atoms with E-state index in [1.807, 2.05) is 11.4 Å². The Morgan fingerprint density at radius 3 is 2.46 bits per heavy atom. The highest BCUT2D eigenvalue weighted by molar-refractivity contribution is 7.12. The quantitative estimate of drug-likeness (QED) is 0.751. The van der Waals surface area contributed by atoms with Crippen LogP contribution in [0.1, 0.15) is 22.5 Å².